The molecule has 0 aromatic heterocycles. The Balaban J connectivity index is 0.00000364. The minimum absolute atomic E-state index is 0. The Morgan fingerprint density at radius 3 is 2.30 bits per heavy atom. The third-order valence-electron chi connectivity index (χ3n) is 3.73. The molecule has 0 aliphatic carbocycles. The van der Waals surface area contributed by atoms with E-state index in [-0.39, 0.29) is 29.7 Å². The number of sulfonamides is 1. The minimum Gasteiger partial charge on any atom is -0.357 e. The zero-order valence-corrected chi connectivity index (χ0v) is 18.8. The molecule has 6 nitrogen and oxygen atoms in total. The Hall–Kier alpha value is -1.65. The number of hydrogen-bond donors (Lipinski definition) is 3. The van der Waals surface area contributed by atoms with E-state index in [0.29, 0.717) is 13.1 Å². The molecule has 0 saturated heterocycles. The molecule has 0 fully saturated rings. The molecule has 0 aliphatic rings. The van der Waals surface area contributed by atoms with Crippen molar-refractivity contribution in [2.24, 2.45) is 4.99 Å². The second-order valence-corrected chi connectivity index (χ2v) is 7.74. The Morgan fingerprint density at radius 1 is 0.963 bits per heavy atom. The van der Waals surface area contributed by atoms with E-state index in [2.05, 4.69) is 32.5 Å². The van der Waals surface area contributed by atoms with Crippen molar-refractivity contribution >= 4 is 40.0 Å². The minimum atomic E-state index is -3.28. The summed E-state index contributed by atoms with van der Waals surface area (Å²) in [5.41, 5.74) is 2.89. The van der Waals surface area contributed by atoms with Gasteiger partial charge in [0, 0.05) is 13.1 Å². The first-order chi connectivity index (χ1) is 12.5. The molecule has 0 aliphatic heterocycles. The van der Waals surface area contributed by atoms with Gasteiger partial charge in [-0.1, -0.05) is 54.6 Å². The summed E-state index contributed by atoms with van der Waals surface area (Å²) in [6, 6.07) is 17.6. The summed E-state index contributed by atoms with van der Waals surface area (Å²) >= 11 is 0. The van der Waals surface area contributed by atoms with E-state index in [1.54, 1.807) is 6.07 Å². The van der Waals surface area contributed by atoms with Crippen molar-refractivity contribution in [2.45, 2.75) is 25.8 Å². The molecule has 148 valence electrons. The molecule has 0 spiro atoms. The molecule has 2 aromatic rings. The lowest BCUT2D eigenvalue weighted by molar-refractivity contribution is 0.587. The van der Waals surface area contributed by atoms with Crippen LogP contribution in [-0.4, -0.2) is 28.0 Å². The lowest BCUT2D eigenvalue weighted by Gasteiger charge is -2.11. The monoisotopic (exact) mass is 502 g/mol. The summed E-state index contributed by atoms with van der Waals surface area (Å²) in [6.45, 7) is 3.94. The summed E-state index contributed by atoms with van der Waals surface area (Å²) < 4.78 is 25.7. The van der Waals surface area contributed by atoms with E-state index in [9.17, 15) is 8.42 Å². The van der Waals surface area contributed by atoms with Crippen LogP contribution in [0.3, 0.4) is 0 Å². The van der Waals surface area contributed by atoms with Crippen molar-refractivity contribution in [2.75, 3.05) is 13.6 Å². The molecule has 0 saturated carbocycles. The molecule has 0 atom stereocenters. The van der Waals surface area contributed by atoms with Crippen LogP contribution in [0.1, 0.15) is 23.6 Å². The molecule has 0 bridgehead atoms. The van der Waals surface area contributed by atoms with Gasteiger partial charge in [0.25, 0.3) is 0 Å². The summed E-state index contributed by atoms with van der Waals surface area (Å²) in [7, 11) is -1.86. The van der Waals surface area contributed by atoms with Gasteiger partial charge in [0.1, 0.15) is 0 Å². The highest BCUT2D eigenvalue weighted by molar-refractivity contribution is 14.0. The van der Waals surface area contributed by atoms with E-state index < -0.39 is 10.0 Å². The predicted octanol–water partition coefficient (Wildman–Crippen LogP) is 2.61. The maximum absolute atomic E-state index is 11.7. The van der Waals surface area contributed by atoms with Crippen molar-refractivity contribution in [1.82, 2.24) is 15.4 Å². The van der Waals surface area contributed by atoms with Crippen LogP contribution in [0, 0.1) is 0 Å². The molecular formula is C19H27IN4O2S. The molecule has 2 rings (SSSR count). The predicted molar refractivity (Wildman–Crippen MR) is 122 cm³/mol. The van der Waals surface area contributed by atoms with Gasteiger partial charge in [-0.25, -0.2) is 18.1 Å². The van der Waals surface area contributed by atoms with Gasteiger partial charge in [-0.05, 0) is 30.7 Å². The van der Waals surface area contributed by atoms with Gasteiger partial charge in [-0.15, -0.1) is 24.0 Å². The number of halogens is 1. The van der Waals surface area contributed by atoms with Crippen LogP contribution in [0.25, 0.3) is 0 Å². The molecular weight excluding hydrogens is 475 g/mol. The average molecular weight is 502 g/mol. The Labute approximate surface area is 178 Å². The molecule has 3 N–H and O–H groups in total. The number of nitrogens with one attached hydrogen (secondary N) is 3. The average Bonchev–Trinajstić information content (AvgIpc) is 2.65. The summed E-state index contributed by atoms with van der Waals surface area (Å²) in [5, 5.41) is 6.52. The highest BCUT2D eigenvalue weighted by atomic mass is 127. The molecule has 8 heteroatoms. The first-order valence-electron chi connectivity index (χ1n) is 8.57. The highest BCUT2D eigenvalue weighted by Crippen LogP contribution is 2.09. The standard InChI is InChI=1S/C19H26N4O2S.HI/c1-3-21-19(22-13-16-8-5-4-6-9-16)23-14-17-10-7-11-18(12-17)15-26(24,25)20-2;/h4-12,20H,3,13-15H2,1-2H3,(H2,21,22,23);1H. The first kappa shape index (κ1) is 23.4. The largest absolute Gasteiger partial charge is 0.357 e. The molecule has 27 heavy (non-hydrogen) atoms. The summed E-state index contributed by atoms with van der Waals surface area (Å²) in [4.78, 5) is 4.59. The summed E-state index contributed by atoms with van der Waals surface area (Å²) in [5.74, 6) is 0.692. The number of rotatable bonds is 8. The third-order valence-corrected chi connectivity index (χ3v) is 5.06. The number of hydrogen-bond acceptors (Lipinski definition) is 3. The molecule has 2 aromatic carbocycles. The fourth-order valence-electron chi connectivity index (χ4n) is 2.40. The zero-order valence-electron chi connectivity index (χ0n) is 15.6. The van der Waals surface area contributed by atoms with Gasteiger partial charge in [-0.2, -0.15) is 0 Å². The van der Waals surface area contributed by atoms with E-state index in [0.717, 1.165) is 23.6 Å². The zero-order chi connectivity index (χ0) is 18.8. The number of aliphatic imine (C=N–C) groups is 1. The third kappa shape index (κ3) is 8.72. The molecule has 0 heterocycles. The fourth-order valence-corrected chi connectivity index (χ4v) is 3.17. The Morgan fingerprint density at radius 2 is 1.63 bits per heavy atom. The normalized spacial score (nSPS) is 11.6. The second kappa shape index (κ2) is 11.9. The van der Waals surface area contributed by atoms with Gasteiger partial charge in [0.15, 0.2) is 5.96 Å². The van der Waals surface area contributed by atoms with Gasteiger partial charge in [-0.3, -0.25) is 0 Å². The van der Waals surface area contributed by atoms with Crippen LogP contribution < -0.4 is 15.4 Å². The quantitative estimate of drug-likeness (QED) is 0.295. The van der Waals surface area contributed by atoms with Crippen molar-refractivity contribution in [3.63, 3.8) is 0 Å². The van der Waals surface area contributed by atoms with Gasteiger partial charge >= 0.3 is 0 Å². The molecule has 0 unspecified atom stereocenters. The van der Waals surface area contributed by atoms with Crippen LogP contribution in [-0.2, 0) is 28.9 Å². The molecule has 0 amide bonds. The van der Waals surface area contributed by atoms with Crippen LogP contribution in [0.2, 0.25) is 0 Å². The topological polar surface area (TPSA) is 82.6 Å². The van der Waals surface area contributed by atoms with E-state index >= 15 is 0 Å². The lowest BCUT2D eigenvalue weighted by Crippen LogP contribution is -2.36. The van der Waals surface area contributed by atoms with Crippen LogP contribution in [0.4, 0.5) is 0 Å². The van der Waals surface area contributed by atoms with E-state index in [4.69, 9.17) is 0 Å². The van der Waals surface area contributed by atoms with Crippen molar-refractivity contribution in [1.29, 1.82) is 0 Å². The highest BCUT2D eigenvalue weighted by Gasteiger charge is 2.08. The van der Waals surface area contributed by atoms with Crippen LogP contribution >= 0.6 is 24.0 Å². The van der Waals surface area contributed by atoms with Gasteiger partial charge < -0.3 is 10.6 Å². The van der Waals surface area contributed by atoms with E-state index in [1.807, 2.05) is 43.3 Å². The first-order valence-corrected chi connectivity index (χ1v) is 10.2. The maximum atomic E-state index is 11.7. The second-order valence-electron chi connectivity index (χ2n) is 5.82. The van der Waals surface area contributed by atoms with Crippen molar-refractivity contribution in [3.8, 4) is 0 Å². The van der Waals surface area contributed by atoms with Gasteiger partial charge in [0.05, 0.1) is 12.3 Å². The van der Waals surface area contributed by atoms with E-state index in [1.165, 1.54) is 12.6 Å². The maximum Gasteiger partial charge on any atom is 0.215 e. The van der Waals surface area contributed by atoms with Gasteiger partial charge in [0.2, 0.25) is 10.0 Å². The Kier molecular flexibility index (Phi) is 10.3. The number of nitrogens with zero attached hydrogens (tertiary/aromatic N) is 1. The van der Waals surface area contributed by atoms with Crippen molar-refractivity contribution in [3.05, 3.63) is 71.3 Å². The smallest absolute Gasteiger partial charge is 0.215 e. The molecule has 0 radical (unpaired) electrons. The fraction of sp³-hybridized carbons (Fsp3) is 0.316. The number of benzene rings is 2. The summed E-state index contributed by atoms with van der Waals surface area (Å²) in [6.07, 6.45) is 0. The van der Waals surface area contributed by atoms with Crippen LogP contribution in [0.15, 0.2) is 59.6 Å². The lowest BCUT2D eigenvalue weighted by atomic mass is 10.1. The van der Waals surface area contributed by atoms with Crippen molar-refractivity contribution < 1.29 is 8.42 Å². The number of guanidine groups is 1. The Bertz CT molecular complexity index is 827. The van der Waals surface area contributed by atoms with Crippen LogP contribution in [0.5, 0.6) is 0 Å². The SMILES string of the molecule is CCNC(=NCc1cccc(CS(=O)(=O)NC)c1)NCc1ccccc1.I.